The minimum absolute atomic E-state index is 0.296. The number of nitrogens with two attached hydrogens (primary N) is 1. The molecular formula is C13H18ClN5OS. The maximum atomic E-state index is 5.97. The van der Waals surface area contributed by atoms with Crippen LogP contribution in [0, 0.1) is 0 Å². The summed E-state index contributed by atoms with van der Waals surface area (Å²) in [5.41, 5.74) is 5.46. The summed E-state index contributed by atoms with van der Waals surface area (Å²) < 4.78 is 5.88. The molecule has 0 bridgehead atoms. The molecule has 0 atom stereocenters. The van der Waals surface area contributed by atoms with E-state index in [1.807, 2.05) is 6.07 Å². The van der Waals surface area contributed by atoms with Crippen molar-refractivity contribution in [1.82, 2.24) is 19.9 Å². The predicted octanol–water partition coefficient (Wildman–Crippen LogP) is 1.56. The Morgan fingerprint density at radius 2 is 1.90 bits per heavy atom. The standard InChI is InChI=1S/C13H18ClN5OS/c14-11-2-1-10(21-11)8-18-3-5-19(6-4-18)9-12-16-13(7-15)20-17-12/h1-2H,3-9,15H2. The molecule has 114 valence electrons. The smallest absolute Gasteiger partial charge is 0.240 e. The highest BCUT2D eigenvalue weighted by molar-refractivity contribution is 7.16. The first-order chi connectivity index (χ1) is 10.2. The first-order valence-electron chi connectivity index (χ1n) is 6.93. The van der Waals surface area contributed by atoms with Crippen molar-refractivity contribution in [3.8, 4) is 0 Å². The number of aromatic nitrogens is 2. The summed E-state index contributed by atoms with van der Waals surface area (Å²) in [5, 5.41) is 3.94. The van der Waals surface area contributed by atoms with Gasteiger partial charge in [0.05, 0.1) is 17.4 Å². The molecule has 0 spiro atoms. The minimum atomic E-state index is 0.296. The van der Waals surface area contributed by atoms with E-state index < -0.39 is 0 Å². The average Bonchev–Trinajstić information content (AvgIpc) is 3.10. The van der Waals surface area contributed by atoms with Gasteiger partial charge in [-0.25, -0.2) is 0 Å². The van der Waals surface area contributed by atoms with Crippen LogP contribution in [-0.2, 0) is 19.6 Å². The number of hydrogen-bond donors (Lipinski definition) is 1. The second-order valence-electron chi connectivity index (χ2n) is 5.07. The third-order valence-electron chi connectivity index (χ3n) is 3.52. The second-order valence-corrected chi connectivity index (χ2v) is 6.87. The quantitative estimate of drug-likeness (QED) is 0.898. The Kier molecular flexibility index (Phi) is 4.87. The van der Waals surface area contributed by atoms with E-state index in [9.17, 15) is 0 Å². The van der Waals surface area contributed by atoms with Crippen molar-refractivity contribution in [2.24, 2.45) is 5.73 Å². The zero-order chi connectivity index (χ0) is 14.7. The van der Waals surface area contributed by atoms with Crippen LogP contribution in [0.4, 0.5) is 0 Å². The fourth-order valence-corrected chi connectivity index (χ4v) is 3.53. The summed E-state index contributed by atoms with van der Waals surface area (Å²) in [7, 11) is 0. The van der Waals surface area contributed by atoms with Crippen LogP contribution in [0.1, 0.15) is 16.6 Å². The van der Waals surface area contributed by atoms with Crippen molar-refractivity contribution >= 4 is 22.9 Å². The predicted molar refractivity (Wildman–Crippen MR) is 82.1 cm³/mol. The van der Waals surface area contributed by atoms with Gasteiger partial charge in [-0.05, 0) is 12.1 Å². The van der Waals surface area contributed by atoms with Crippen LogP contribution < -0.4 is 5.73 Å². The lowest BCUT2D eigenvalue weighted by Crippen LogP contribution is -2.45. The zero-order valence-corrected chi connectivity index (χ0v) is 13.2. The molecule has 0 radical (unpaired) electrons. The fraction of sp³-hybridized carbons (Fsp3) is 0.538. The monoisotopic (exact) mass is 327 g/mol. The van der Waals surface area contributed by atoms with E-state index in [0.29, 0.717) is 18.3 Å². The average molecular weight is 328 g/mol. The minimum Gasteiger partial charge on any atom is -0.338 e. The summed E-state index contributed by atoms with van der Waals surface area (Å²) in [4.78, 5) is 10.3. The van der Waals surface area contributed by atoms with Crippen LogP contribution in [0.15, 0.2) is 16.7 Å². The topological polar surface area (TPSA) is 71.4 Å². The van der Waals surface area contributed by atoms with Crippen LogP contribution in [0.25, 0.3) is 0 Å². The summed E-state index contributed by atoms with van der Waals surface area (Å²) in [6, 6.07) is 4.07. The Morgan fingerprint density at radius 1 is 1.19 bits per heavy atom. The van der Waals surface area contributed by atoms with Crippen LogP contribution in [-0.4, -0.2) is 46.1 Å². The van der Waals surface area contributed by atoms with Gasteiger partial charge in [0.15, 0.2) is 5.82 Å². The third-order valence-corrected chi connectivity index (χ3v) is 4.74. The number of thiophene rings is 1. The highest BCUT2D eigenvalue weighted by Crippen LogP contribution is 2.23. The van der Waals surface area contributed by atoms with E-state index in [1.54, 1.807) is 11.3 Å². The Labute approximate surface area is 132 Å². The summed E-state index contributed by atoms with van der Waals surface area (Å²) in [6.07, 6.45) is 0. The molecule has 6 nitrogen and oxygen atoms in total. The van der Waals surface area contributed by atoms with Gasteiger partial charge in [0.1, 0.15) is 0 Å². The van der Waals surface area contributed by atoms with Gasteiger partial charge in [-0.2, -0.15) is 4.98 Å². The Hall–Kier alpha value is -0.990. The van der Waals surface area contributed by atoms with Gasteiger partial charge in [-0.15, -0.1) is 11.3 Å². The van der Waals surface area contributed by atoms with Gasteiger partial charge in [-0.3, -0.25) is 9.80 Å². The lowest BCUT2D eigenvalue weighted by Gasteiger charge is -2.33. The third kappa shape index (κ3) is 4.02. The van der Waals surface area contributed by atoms with Crippen molar-refractivity contribution < 1.29 is 4.52 Å². The van der Waals surface area contributed by atoms with Crippen molar-refractivity contribution in [1.29, 1.82) is 0 Å². The molecule has 2 aromatic heterocycles. The summed E-state index contributed by atoms with van der Waals surface area (Å²) >= 11 is 7.62. The molecule has 0 amide bonds. The first kappa shape index (κ1) is 14.9. The molecule has 8 heteroatoms. The molecular weight excluding hydrogens is 310 g/mol. The van der Waals surface area contributed by atoms with Crippen LogP contribution >= 0.6 is 22.9 Å². The van der Waals surface area contributed by atoms with Gasteiger partial charge in [0, 0.05) is 37.6 Å². The lowest BCUT2D eigenvalue weighted by molar-refractivity contribution is 0.120. The molecule has 2 aromatic rings. The normalized spacial score (nSPS) is 17.4. The zero-order valence-electron chi connectivity index (χ0n) is 11.7. The van der Waals surface area contributed by atoms with Crippen molar-refractivity contribution in [3.63, 3.8) is 0 Å². The molecule has 0 aliphatic carbocycles. The van der Waals surface area contributed by atoms with Gasteiger partial charge in [0.2, 0.25) is 5.89 Å². The molecule has 21 heavy (non-hydrogen) atoms. The molecule has 0 aromatic carbocycles. The van der Waals surface area contributed by atoms with E-state index in [1.165, 1.54) is 4.88 Å². The fourth-order valence-electron chi connectivity index (χ4n) is 2.40. The molecule has 2 N–H and O–H groups in total. The number of hydrogen-bond acceptors (Lipinski definition) is 7. The van der Waals surface area contributed by atoms with Crippen molar-refractivity contribution in [3.05, 3.63) is 33.1 Å². The maximum Gasteiger partial charge on any atom is 0.240 e. The van der Waals surface area contributed by atoms with Gasteiger partial charge >= 0.3 is 0 Å². The van der Waals surface area contributed by atoms with Crippen LogP contribution in [0.2, 0.25) is 4.34 Å². The molecule has 0 saturated carbocycles. The second kappa shape index (κ2) is 6.85. The Balaban J connectivity index is 1.46. The largest absolute Gasteiger partial charge is 0.338 e. The maximum absolute atomic E-state index is 5.97. The summed E-state index contributed by atoms with van der Waals surface area (Å²) in [5.74, 6) is 1.21. The molecule has 3 rings (SSSR count). The van der Waals surface area contributed by atoms with Gasteiger partial charge in [0.25, 0.3) is 0 Å². The molecule has 1 aliphatic heterocycles. The SMILES string of the molecule is NCc1nc(CN2CCN(Cc3ccc(Cl)s3)CC2)no1. The van der Waals surface area contributed by atoms with E-state index >= 15 is 0 Å². The van der Waals surface area contributed by atoms with E-state index in [2.05, 4.69) is 26.0 Å². The number of rotatable bonds is 5. The Morgan fingerprint density at radius 3 is 2.48 bits per heavy atom. The highest BCUT2D eigenvalue weighted by Gasteiger charge is 2.19. The van der Waals surface area contributed by atoms with E-state index in [4.69, 9.17) is 21.9 Å². The van der Waals surface area contributed by atoms with Crippen LogP contribution in [0.5, 0.6) is 0 Å². The van der Waals surface area contributed by atoms with E-state index in [-0.39, 0.29) is 0 Å². The van der Waals surface area contributed by atoms with Crippen molar-refractivity contribution in [2.45, 2.75) is 19.6 Å². The molecule has 3 heterocycles. The number of piperazine rings is 1. The van der Waals surface area contributed by atoms with Crippen molar-refractivity contribution in [2.75, 3.05) is 26.2 Å². The molecule has 0 unspecified atom stereocenters. The molecule has 1 aliphatic rings. The highest BCUT2D eigenvalue weighted by atomic mass is 35.5. The Bertz CT molecular complexity index is 579. The lowest BCUT2D eigenvalue weighted by atomic mass is 10.3. The van der Waals surface area contributed by atoms with Gasteiger partial charge in [-0.1, -0.05) is 16.8 Å². The number of nitrogens with zero attached hydrogens (tertiary/aromatic N) is 4. The van der Waals surface area contributed by atoms with E-state index in [0.717, 1.165) is 43.6 Å². The molecule has 1 saturated heterocycles. The number of halogens is 1. The first-order valence-corrected chi connectivity index (χ1v) is 8.13. The van der Waals surface area contributed by atoms with Gasteiger partial charge < -0.3 is 10.3 Å². The van der Waals surface area contributed by atoms with Crippen LogP contribution in [0.3, 0.4) is 0 Å². The summed E-state index contributed by atoms with van der Waals surface area (Å²) in [6.45, 7) is 6.09. The molecule has 1 fully saturated rings.